The fraction of sp³-hybridized carbons (Fsp3) is 0.467. The Morgan fingerprint density at radius 3 is 2.76 bits per heavy atom. The zero-order valence-corrected chi connectivity index (χ0v) is 13.3. The monoisotopic (exact) mass is 305 g/mol. The summed E-state index contributed by atoms with van der Waals surface area (Å²) in [5.74, 6) is 1.75. The summed E-state index contributed by atoms with van der Waals surface area (Å²) in [5.41, 5.74) is 1.15. The minimum Gasteiger partial charge on any atom is -0.497 e. The Balaban J connectivity index is 1.98. The molecular weight excluding hydrogens is 286 g/mol. The first-order valence-corrected chi connectivity index (χ1v) is 7.83. The largest absolute Gasteiger partial charge is 0.497 e. The molecule has 0 spiro atoms. The van der Waals surface area contributed by atoms with Crippen molar-refractivity contribution in [3.63, 3.8) is 0 Å². The molecule has 3 rings (SSSR count). The van der Waals surface area contributed by atoms with Gasteiger partial charge >= 0.3 is 0 Å². The van der Waals surface area contributed by atoms with E-state index in [4.69, 9.17) is 9.47 Å². The van der Waals surface area contributed by atoms with Gasteiger partial charge in [-0.2, -0.15) is 0 Å². The Bertz CT molecular complexity index is 629. The predicted octanol–water partition coefficient (Wildman–Crippen LogP) is 3.21. The van der Waals surface area contributed by atoms with Crippen LogP contribution in [0, 0.1) is 6.92 Å². The van der Waals surface area contributed by atoms with Crippen LogP contribution in [0.25, 0.3) is 0 Å². The van der Waals surface area contributed by atoms with E-state index in [2.05, 4.69) is 21.2 Å². The Hall–Kier alpha value is -1.82. The second-order valence-electron chi connectivity index (χ2n) is 5.06. The molecule has 6 heteroatoms. The van der Waals surface area contributed by atoms with Crippen molar-refractivity contribution in [1.29, 1.82) is 0 Å². The van der Waals surface area contributed by atoms with Crippen molar-refractivity contribution in [3.8, 4) is 11.5 Å². The van der Waals surface area contributed by atoms with Crippen molar-refractivity contribution in [2.75, 3.05) is 25.7 Å². The Morgan fingerprint density at radius 2 is 2.10 bits per heavy atom. The first kappa shape index (κ1) is 14.1. The lowest BCUT2D eigenvalue weighted by atomic mass is 10.0. The van der Waals surface area contributed by atoms with Gasteiger partial charge in [-0.05, 0) is 38.0 Å². The topological polar surface area (TPSA) is 47.5 Å². The van der Waals surface area contributed by atoms with Crippen LogP contribution in [0.3, 0.4) is 0 Å². The van der Waals surface area contributed by atoms with Crippen LogP contribution in [0.5, 0.6) is 11.5 Å². The van der Waals surface area contributed by atoms with Crippen LogP contribution in [0.4, 0.5) is 5.13 Å². The van der Waals surface area contributed by atoms with E-state index in [1.807, 2.05) is 19.1 Å². The van der Waals surface area contributed by atoms with E-state index in [1.54, 1.807) is 25.6 Å². The van der Waals surface area contributed by atoms with Gasteiger partial charge in [0.2, 0.25) is 5.13 Å². The van der Waals surface area contributed by atoms with E-state index in [-0.39, 0.29) is 6.04 Å². The van der Waals surface area contributed by atoms with E-state index >= 15 is 0 Å². The van der Waals surface area contributed by atoms with E-state index in [0.29, 0.717) is 0 Å². The van der Waals surface area contributed by atoms with Crippen LogP contribution in [-0.2, 0) is 0 Å². The summed E-state index contributed by atoms with van der Waals surface area (Å²) in [7, 11) is 3.39. The summed E-state index contributed by atoms with van der Waals surface area (Å²) in [5, 5.41) is 10.4. The number of rotatable bonds is 4. The van der Waals surface area contributed by atoms with E-state index in [0.717, 1.165) is 46.6 Å². The van der Waals surface area contributed by atoms with Crippen molar-refractivity contribution in [2.45, 2.75) is 25.8 Å². The molecule has 1 aromatic carbocycles. The predicted molar refractivity (Wildman–Crippen MR) is 83.5 cm³/mol. The molecule has 5 nitrogen and oxygen atoms in total. The van der Waals surface area contributed by atoms with Crippen LogP contribution in [0.2, 0.25) is 0 Å². The minimum absolute atomic E-state index is 0.266. The van der Waals surface area contributed by atoms with E-state index in [9.17, 15) is 0 Å². The maximum Gasteiger partial charge on any atom is 0.208 e. The van der Waals surface area contributed by atoms with Crippen molar-refractivity contribution in [1.82, 2.24) is 10.2 Å². The van der Waals surface area contributed by atoms with Gasteiger partial charge in [0.1, 0.15) is 16.5 Å². The smallest absolute Gasteiger partial charge is 0.208 e. The van der Waals surface area contributed by atoms with Crippen LogP contribution < -0.4 is 14.4 Å². The first-order valence-electron chi connectivity index (χ1n) is 7.01. The lowest BCUT2D eigenvalue weighted by molar-refractivity contribution is 0.395. The number of aromatic nitrogens is 2. The third-order valence-corrected chi connectivity index (χ3v) is 4.69. The number of ether oxygens (including phenoxy) is 2. The molecule has 0 N–H and O–H groups in total. The normalized spacial score (nSPS) is 18.0. The molecule has 1 atom stereocenters. The highest BCUT2D eigenvalue weighted by atomic mass is 32.1. The van der Waals surface area contributed by atoms with Crippen molar-refractivity contribution >= 4 is 16.5 Å². The lowest BCUT2D eigenvalue weighted by Gasteiger charge is -2.25. The SMILES string of the molecule is COc1ccc(OC)c(C2CCCN2c2nnc(C)s2)c1. The van der Waals surface area contributed by atoms with Gasteiger partial charge in [-0.25, -0.2) is 0 Å². The van der Waals surface area contributed by atoms with E-state index < -0.39 is 0 Å². The summed E-state index contributed by atoms with van der Waals surface area (Å²) in [6, 6.07) is 6.23. The molecule has 0 saturated carbocycles. The van der Waals surface area contributed by atoms with E-state index in [1.165, 1.54) is 0 Å². The average molecular weight is 305 g/mol. The number of hydrogen-bond donors (Lipinski definition) is 0. The Labute approximate surface area is 128 Å². The molecule has 1 fully saturated rings. The fourth-order valence-corrected chi connectivity index (χ4v) is 3.58. The Morgan fingerprint density at radius 1 is 1.24 bits per heavy atom. The molecule has 1 aliphatic heterocycles. The van der Waals surface area contributed by atoms with Gasteiger partial charge in [0.25, 0.3) is 0 Å². The maximum atomic E-state index is 5.53. The highest BCUT2D eigenvalue weighted by Crippen LogP contribution is 2.41. The average Bonchev–Trinajstić information content (AvgIpc) is 3.14. The zero-order valence-electron chi connectivity index (χ0n) is 12.5. The molecule has 21 heavy (non-hydrogen) atoms. The third kappa shape index (κ3) is 2.68. The zero-order chi connectivity index (χ0) is 14.8. The Kier molecular flexibility index (Phi) is 3.96. The summed E-state index contributed by atoms with van der Waals surface area (Å²) >= 11 is 1.64. The molecule has 2 heterocycles. The molecule has 0 amide bonds. The molecule has 2 aromatic rings. The fourth-order valence-electron chi connectivity index (χ4n) is 2.82. The number of nitrogens with zero attached hydrogens (tertiary/aromatic N) is 3. The van der Waals surface area contributed by atoms with Gasteiger partial charge in [-0.3, -0.25) is 0 Å². The molecule has 0 aliphatic carbocycles. The standard InChI is InChI=1S/C15H19N3O2S/c1-10-16-17-15(21-10)18-8-4-5-13(18)12-9-11(19-2)6-7-14(12)20-3/h6-7,9,13H,4-5,8H2,1-3H3. The summed E-state index contributed by atoms with van der Waals surface area (Å²) in [6.07, 6.45) is 2.23. The molecular formula is C15H19N3O2S. The highest BCUT2D eigenvalue weighted by molar-refractivity contribution is 7.15. The number of methoxy groups -OCH3 is 2. The second-order valence-corrected chi connectivity index (χ2v) is 6.22. The van der Waals surface area contributed by atoms with Crippen LogP contribution in [-0.4, -0.2) is 31.0 Å². The van der Waals surface area contributed by atoms with Crippen molar-refractivity contribution in [3.05, 3.63) is 28.8 Å². The van der Waals surface area contributed by atoms with Crippen molar-refractivity contribution in [2.24, 2.45) is 0 Å². The molecule has 1 saturated heterocycles. The van der Waals surface area contributed by atoms with Gasteiger partial charge in [0.15, 0.2) is 0 Å². The number of hydrogen-bond acceptors (Lipinski definition) is 6. The summed E-state index contributed by atoms with van der Waals surface area (Å²) < 4.78 is 10.9. The summed E-state index contributed by atoms with van der Waals surface area (Å²) in [6.45, 7) is 2.98. The molecule has 0 radical (unpaired) electrons. The van der Waals surface area contributed by atoms with Gasteiger partial charge in [0, 0.05) is 12.1 Å². The van der Waals surface area contributed by atoms with Gasteiger partial charge < -0.3 is 14.4 Å². The number of benzene rings is 1. The van der Waals surface area contributed by atoms with Crippen LogP contribution in [0.1, 0.15) is 29.5 Å². The maximum absolute atomic E-state index is 5.53. The molecule has 0 bridgehead atoms. The lowest BCUT2D eigenvalue weighted by Crippen LogP contribution is -2.22. The van der Waals surface area contributed by atoms with Gasteiger partial charge in [-0.15, -0.1) is 10.2 Å². The highest BCUT2D eigenvalue weighted by Gasteiger charge is 2.30. The number of anilines is 1. The number of aryl methyl sites for hydroxylation is 1. The molecule has 1 unspecified atom stereocenters. The molecule has 1 aliphatic rings. The van der Waals surface area contributed by atoms with Crippen LogP contribution in [0.15, 0.2) is 18.2 Å². The molecule has 112 valence electrons. The van der Waals surface area contributed by atoms with Crippen LogP contribution >= 0.6 is 11.3 Å². The summed E-state index contributed by atoms with van der Waals surface area (Å²) in [4.78, 5) is 2.32. The second kappa shape index (κ2) is 5.89. The minimum atomic E-state index is 0.266. The van der Waals surface area contributed by atoms with Gasteiger partial charge in [0.05, 0.1) is 20.3 Å². The first-order chi connectivity index (χ1) is 10.2. The van der Waals surface area contributed by atoms with Crippen molar-refractivity contribution < 1.29 is 9.47 Å². The van der Waals surface area contributed by atoms with Gasteiger partial charge in [-0.1, -0.05) is 11.3 Å². The third-order valence-electron chi connectivity index (χ3n) is 3.81. The quantitative estimate of drug-likeness (QED) is 0.868. The molecule has 1 aromatic heterocycles.